The van der Waals surface area contributed by atoms with Gasteiger partial charge in [0.05, 0.1) is 49.1 Å². The van der Waals surface area contributed by atoms with Crippen LogP contribution in [0.5, 0.6) is 0 Å². The summed E-state index contributed by atoms with van der Waals surface area (Å²) in [6, 6.07) is 8.33. The Kier molecular flexibility index (Phi) is 10.6. The zero-order valence-electron chi connectivity index (χ0n) is 25.0. The molecule has 4 aliphatic rings. The number of fused-ring (bicyclic) bond motifs is 1. The predicted molar refractivity (Wildman–Crippen MR) is 166 cm³/mol. The van der Waals surface area contributed by atoms with Gasteiger partial charge < -0.3 is 24.4 Å². The smallest absolute Gasteiger partial charge is 0.310 e. The van der Waals surface area contributed by atoms with E-state index >= 15 is 0 Å². The minimum atomic E-state index is -0.788. The monoisotopic (exact) mass is 611 g/mol. The van der Waals surface area contributed by atoms with Gasteiger partial charge in [-0.05, 0) is 37.7 Å². The number of nitrogens with zero attached hydrogens (tertiary/aromatic N) is 3. The largest absolute Gasteiger partial charge is 0.465 e. The van der Waals surface area contributed by atoms with Gasteiger partial charge in [-0.25, -0.2) is 0 Å². The molecule has 4 heterocycles. The highest BCUT2D eigenvalue weighted by Crippen LogP contribution is 2.67. The second kappa shape index (κ2) is 14.4. The molecular formula is C33H45N3O6S. The molecule has 2 amide bonds. The Hall–Kier alpha value is -2.66. The van der Waals surface area contributed by atoms with Crippen molar-refractivity contribution < 1.29 is 29.0 Å². The number of hydrogen-bond acceptors (Lipinski definition) is 8. The second-order valence-electron chi connectivity index (χ2n) is 12.0. The number of unbranched alkanes of at least 4 members (excludes halogenated alkanes) is 1. The lowest BCUT2D eigenvalue weighted by molar-refractivity contribution is -0.154. The van der Waals surface area contributed by atoms with E-state index in [0.717, 1.165) is 31.5 Å². The quantitative estimate of drug-likeness (QED) is 0.184. The Morgan fingerprint density at radius 3 is 2.67 bits per heavy atom. The van der Waals surface area contributed by atoms with Crippen LogP contribution in [0.15, 0.2) is 55.6 Å². The summed E-state index contributed by atoms with van der Waals surface area (Å²) in [4.78, 5) is 48.5. The molecule has 0 saturated carbocycles. The fourth-order valence-electron chi connectivity index (χ4n) is 7.37. The number of benzene rings is 1. The standard InChI is InChI=1S/C33H45N3O6S/c1-3-5-9-19-42-32(40)27-26-12-13-33(43-26)28(27)30(38)36(25(23-37)22-24-10-7-6-8-11-24)29(33)31(39)35(14-4-2)16-15-34-17-20-41-21-18-34/h3-4,6-8,10-11,25-29,37H,1-2,5,9,12-23H2/t25-,26+,27-,28+,29?,33?/m1/s1. The molecule has 1 aromatic carbocycles. The number of likely N-dealkylation sites (tertiary alicyclic amines) is 1. The van der Waals surface area contributed by atoms with Crippen molar-refractivity contribution in [3.05, 3.63) is 61.2 Å². The summed E-state index contributed by atoms with van der Waals surface area (Å²) in [5, 5.41) is 10.6. The summed E-state index contributed by atoms with van der Waals surface area (Å²) in [6.45, 7) is 12.2. The zero-order chi connectivity index (χ0) is 30.4. The summed E-state index contributed by atoms with van der Waals surface area (Å²) in [5.74, 6) is -1.97. The molecule has 4 aliphatic heterocycles. The van der Waals surface area contributed by atoms with Crippen molar-refractivity contribution in [3.8, 4) is 0 Å². The van der Waals surface area contributed by atoms with E-state index in [-0.39, 0.29) is 36.2 Å². The summed E-state index contributed by atoms with van der Waals surface area (Å²) in [7, 11) is 0. The average molecular weight is 612 g/mol. The van der Waals surface area contributed by atoms with E-state index < -0.39 is 28.7 Å². The van der Waals surface area contributed by atoms with E-state index in [1.54, 1.807) is 33.7 Å². The number of amides is 2. The molecule has 4 saturated heterocycles. The Labute approximate surface area is 259 Å². The van der Waals surface area contributed by atoms with E-state index in [1.165, 1.54) is 0 Å². The van der Waals surface area contributed by atoms with Crippen molar-refractivity contribution in [2.75, 3.05) is 59.2 Å². The lowest BCUT2D eigenvalue weighted by Gasteiger charge is -2.40. The third kappa shape index (κ3) is 6.43. The molecule has 2 unspecified atom stereocenters. The number of rotatable bonds is 15. The minimum absolute atomic E-state index is 0.0683. The number of carbonyl (C=O) groups excluding carboxylic acids is 3. The lowest BCUT2D eigenvalue weighted by atomic mass is 9.71. The maximum atomic E-state index is 14.7. The number of aliphatic hydroxyl groups is 1. The third-order valence-electron chi connectivity index (χ3n) is 9.41. The van der Waals surface area contributed by atoms with Gasteiger partial charge >= 0.3 is 5.97 Å². The van der Waals surface area contributed by atoms with Crippen LogP contribution >= 0.6 is 11.8 Å². The normalized spacial score (nSPS) is 28.9. The van der Waals surface area contributed by atoms with Crippen molar-refractivity contribution in [1.82, 2.24) is 14.7 Å². The van der Waals surface area contributed by atoms with Gasteiger partial charge in [0.15, 0.2) is 0 Å². The molecule has 6 atom stereocenters. The third-order valence-corrected chi connectivity index (χ3v) is 11.4. The van der Waals surface area contributed by atoms with Gasteiger partial charge in [0.25, 0.3) is 0 Å². The average Bonchev–Trinajstić information content (AvgIpc) is 3.68. The van der Waals surface area contributed by atoms with E-state index in [9.17, 15) is 19.5 Å². The molecule has 1 N–H and O–H groups in total. The first-order chi connectivity index (χ1) is 20.9. The number of allylic oxidation sites excluding steroid dienone is 1. The molecule has 1 spiro atoms. The molecule has 9 nitrogen and oxygen atoms in total. The molecule has 5 rings (SSSR count). The maximum Gasteiger partial charge on any atom is 0.310 e. The first kappa shape index (κ1) is 31.8. The number of hydrogen-bond donors (Lipinski definition) is 1. The van der Waals surface area contributed by atoms with Gasteiger partial charge in [0.1, 0.15) is 6.04 Å². The number of esters is 1. The highest BCUT2D eigenvalue weighted by atomic mass is 32.2. The summed E-state index contributed by atoms with van der Waals surface area (Å²) in [5.41, 5.74) is 0.973. The van der Waals surface area contributed by atoms with E-state index in [0.29, 0.717) is 52.1 Å². The number of carbonyl (C=O) groups is 3. The fraction of sp³-hybridized carbons (Fsp3) is 0.606. The second-order valence-corrected chi connectivity index (χ2v) is 13.6. The van der Waals surface area contributed by atoms with Gasteiger partial charge in [-0.3, -0.25) is 19.3 Å². The van der Waals surface area contributed by atoms with E-state index in [2.05, 4.69) is 18.1 Å². The Morgan fingerprint density at radius 2 is 1.98 bits per heavy atom. The molecule has 234 valence electrons. The molecule has 2 bridgehead atoms. The van der Waals surface area contributed by atoms with Gasteiger partial charge in [-0.15, -0.1) is 24.9 Å². The van der Waals surface area contributed by atoms with Gasteiger partial charge in [0.2, 0.25) is 11.8 Å². The van der Waals surface area contributed by atoms with Crippen molar-refractivity contribution in [3.63, 3.8) is 0 Å². The fourth-order valence-corrected chi connectivity index (χ4v) is 9.56. The van der Waals surface area contributed by atoms with Gasteiger partial charge in [-0.1, -0.05) is 42.5 Å². The van der Waals surface area contributed by atoms with Crippen LogP contribution in [0.4, 0.5) is 0 Å². The zero-order valence-corrected chi connectivity index (χ0v) is 25.8. The van der Waals surface area contributed by atoms with Crippen LogP contribution in [-0.4, -0.2) is 119 Å². The molecule has 0 aliphatic carbocycles. The van der Waals surface area contributed by atoms with Crippen LogP contribution in [0.25, 0.3) is 0 Å². The SMILES string of the molecule is C=CCCCOC(=O)[C@@H]1[C@@H]2CCC3(S2)C(C(=O)N(CC=C)CCN2CCOCC2)N([C@@H](CO)Cc2ccccc2)C(=O)[C@H]13. The van der Waals surface area contributed by atoms with E-state index in [1.807, 2.05) is 30.3 Å². The number of thioether (sulfide) groups is 1. The molecule has 10 heteroatoms. The topological polar surface area (TPSA) is 99.6 Å². The van der Waals surface area contributed by atoms with Gasteiger partial charge in [0, 0.05) is 38.0 Å². The number of aliphatic hydroxyl groups excluding tert-OH is 1. The highest BCUT2D eigenvalue weighted by Gasteiger charge is 2.74. The molecule has 0 radical (unpaired) electrons. The summed E-state index contributed by atoms with van der Waals surface area (Å²) in [6.07, 6.45) is 6.77. The predicted octanol–water partition coefficient (Wildman–Crippen LogP) is 2.54. The van der Waals surface area contributed by atoms with Crippen molar-refractivity contribution in [2.45, 2.75) is 54.2 Å². The maximum absolute atomic E-state index is 14.7. The molecule has 0 aromatic heterocycles. The van der Waals surface area contributed by atoms with E-state index in [4.69, 9.17) is 9.47 Å². The Morgan fingerprint density at radius 1 is 1.21 bits per heavy atom. The molecule has 43 heavy (non-hydrogen) atoms. The van der Waals surface area contributed by atoms with Crippen LogP contribution in [-0.2, 0) is 30.3 Å². The number of ether oxygens (including phenoxy) is 2. The number of morpholine rings is 1. The molecular weight excluding hydrogens is 566 g/mol. The van der Waals surface area contributed by atoms with Crippen molar-refractivity contribution in [1.29, 1.82) is 0 Å². The molecule has 4 fully saturated rings. The highest BCUT2D eigenvalue weighted by molar-refractivity contribution is 8.02. The lowest BCUT2D eigenvalue weighted by Crippen LogP contribution is -2.58. The Bertz CT molecular complexity index is 1160. The first-order valence-corrected chi connectivity index (χ1v) is 16.4. The van der Waals surface area contributed by atoms with Crippen LogP contribution < -0.4 is 0 Å². The van der Waals surface area contributed by atoms with Crippen LogP contribution in [0.3, 0.4) is 0 Å². The van der Waals surface area contributed by atoms with Crippen molar-refractivity contribution in [2.24, 2.45) is 11.8 Å². The van der Waals surface area contributed by atoms with Gasteiger partial charge in [-0.2, -0.15) is 0 Å². The summed E-state index contributed by atoms with van der Waals surface area (Å²) >= 11 is 1.63. The first-order valence-electron chi connectivity index (χ1n) is 15.6. The minimum Gasteiger partial charge on any atom is -0.465 e. The van der Waals surface area contributed by atoms with Crippen molar-refractivity contribution >= 4 is 29.5 Å². The Balaban J connectivity index is 1.46. The van der Waals surface area contributed by atoms with Crippen LogP contribution in [0.2, 0.25) is 0 Å². The summed E-state index contributed by atoms with van der Waals surface area (Å²) < 4.78 is 10.4. The van der Waals surface area contributed by atoms with Crippen LogP contribution in [0, 0.1) is 11.8 Å². The van der Waals surface area contributed by atoms with Crippen LogP contribution in [0.1, 0.15) is 31.2 Å². The molecule has 1 aromatic rings.